The summed E-state index contributed by atoms with van der Waals surface area (Å²) in [5, 5.41) is 2.57. The molecule has 1 saturated heterocycles. The Morgan fingerprint density at radius 3 is 2.00 bits per heavy atom. The molecule has 0 bridgehead atoms. The van der Waals surface area contributed by atoms with Gasteiger partial charge in [0.25, 0.3) is 0 Å². The van der Waals surface area contributed by atoms with Gasteiger partial charge in [0, 0.05) is 18.1 Å². The second-order valence-corrected chi connectivity index (χ2v) is 8.06. The molecule has 2 heteroatoms. The fraction of sp³-hybridized carbons (Fsp3) is 1.00. The summed E-state index contributed by atoms with van der Waals surface area (Å²) < 4.78 is 0. The molecule has 2 rings (SSSR count). The Hall–Kier alpha value is -0.0800. The maximum atomic E-state index is 3.88. The predicted molar refractivity (Wildman–Crippen MR) is 87.6 cm³/mol. The van der Waals surface area contributed by atoms with Crippen molar-refractivity contribution >= 4 is 0 Å². The van der Waals surface area contributed by atoms with Crippen molar-refractivity contribution in [3.63, 3.8) is 0 Å². The van der Waals surface area contributed by atoms with Crippen molar-refractivity contribution in [1.82, 2.24) is 10.4 Å². The maximum Gasteiger partial charge on any atom is 0.0218 e. The SMILES string of the molecule is CCC(C)(C)C1CCC(NN2C(C)CCCC2C)CC1. The number of hydrogen-bond donors (Lipinski definition) is 1. The Kier molecular flexibility index (Phi) is 5.53. The third-order valence-corrected chi connectivity index (χ3v) is 6.27. The number of nitrogens with one attached hydrogen (secondary N) is 1. The summed E-state index contributed by atoms with van der Waals surface area (Å²) in [6, 6.07) is 2.15. The largest absolute Gasteiger partial charge is 0.252 e. The summed E-state index contributed by atoms with van der Waals surface area (Å²) >= 11 is 0. The van der Waals surface area contributed by atoms with Gasteiger partial charge >= 0.3 is 0 Å². The van der Waals surface area contributed by atoms with Crippen molar-refractivity contribution in [3.8, 4) is 0 Å². The lowest BCUT2D eigenvalue weighted by Crippen LogP contribution is -2.56. The van der Waals surface area contributed by atoms with E-state index in [9.17, 15) is 0 Å². The van der Waals surface area contributed by atoms with Crippen molar-refractivity contribution in [1.29, 1.82) is 0 Å². The number of hydrazine groups is 1. The minimum absolute atomic E-state index is 0.538. The number of piperidine rings is 1. The van der Waals surface area contributed by atoms with Crippen molar-refractivity contribution in [2.75, 3.05) is 0 Å². The quantitative estimate of drug-likeness (QED) is 0.799. The lowest BCUT2D eigenvalue weighted by Gasteiger charge is -2.44. The van der Waals surface area contributed by atoms with E-state index in [1.165, 1.54) is 51.4 Å². The van der Waals surface area contributed by atoms with E-state index in [2.05, 4.69) is 45.1 Å². The second kappa shape index (κ2) is 6.79. The first-order chi connectivity index (χ1) is 9.44. The molecule has 2 fully saturated rings. The average molecular weight is 280 g/mol. The molecule has 1 N–H and O–H groups in total. The summed E-state index contributed by atoms with van der Waals surface area (Å²) in [7, 11) is 0. The minimum Gasteiger partial charge on any atom is -0.252 e. The fourth-order valence-corrected chi connectivity index (χ4v) is 4.18. The molecule has 1 heterocycles. The standard InChI is InChI=1S/C18H36N2/c1-6-18(4,5)16-10-12-17(13-11-16)19-20-14(2)8-7-9-15(20)3/h14-17,19H,6-13H2,1-5H3. The van der Waals surface area contributed by atoms with Crippen LogP contribution in [0.15, 0.2) is 0 Å². The van der Waals surface area contributed by atoms with E-state index in [1.54, 1.807) is 0 Å². The van der Waals surface area contributed by atoms with Crippen molar-refractivity contribution in [2.24, 2.45) is 11.3 Å². The van der Waals surface area contributed by atoms with Gasteiger partial charge in [-0.3, -0.25) is 5.43 Å². The highest BCUT2D eigenvalue weighted by molar-refractivity contribution is 4.86. The highest BCUT2D eigenvalue weighted by atomic mass is 15.5. The van der Waals surface area contributed by atoms with Gasteiger partial charge in [0.05, 0.1) is 0 Å². The molecule has 2 atom stereocenters. The molecule has 1 aliphatic heterocycles. The summed E-state index contributed by atoms with van der Waals surface area (Å²) in [5.41, 5.74) is 4.42. The van der Waals surface area contributed by atoms with Crippen LogP contribution in [0.1, 0.15) is 86.0 Å². The van der Waals surface area contributed by atoms with Gasteiger partial charge in [0.15, 0.2) is 0 Å². The van der Waals surface area contributed by atoms with Gasteiger partial charge in [-0.25, -0.2) is 5.01 Å². The van der Waals surface area contributed by atoms with E-state index >= 15 is 0 Å². The first-order valence-corrected chi connectivity index (χ1v) is 8.98. The van der Waals surface area contributed by atoms with Crippen LogP contribution in [0.3, 0.4) is 0 Å². The van der Waals surface area contributed by atoms with Crippen LogP contribution in [-0.4, -0.2) is 23.1 Å². The zero-order valence-electron chi connectivity index (χ0n) is 14.4. The van der Waals surface area contributed by atoms with E-state index in [0.29, 0.717) is 17.5 Å². The van der Waals surface area contributed by atoms with Crippen molar-refractivity contribution in [3.05, 3.63) is 0 Å². The smallest absolute Gasteiger partial charge is 0.0218 e. The molecule has 1 saturated carbocycles. The van der Waals surface area contributed by atoms with Gasteiger partial charge in [0.2, 0.25) is 0 Å². The highest BCUT2D eigenvalue weighted by Crippen LogP contribution is 2.40. The zero-order valence-corrected chi connectivity index (χ0v) is 14.4. The van der Waals surface area contributed by atoms with E-state index < -0.39 is 0 Å². The Bertz CT molecular complexity index is 282. The molecule has 2 nitrogen and oxygen atoms in total. The predicted octanol–water partition coefficient (Wildman–Crippen LogP) is 4.75. The van der Waals surface area contributed by atoms with Crippen LogP contribution in [-0.2, 0) is 0 Å². The summed E-state index contributed by atoms with van der Waals surface area (Å²) in [6.45, 7) is 12.0. The van der Waals surface area contributed by atoms with Crippen LogP contribution in [0, 0.1) is 11.3 Å². The van der Waals surface area contributed by atoms with Gasteiger partial charge in [-0.05, 0) is 63.7 Å². The van der Waals surface area contributed by atoms with Crippen LogP contribution in [0.25, 0.3) is 0 Å². The monoisotopic (exact) mass is 280 g/mol. The summed E-state index contributed by atoms with van der Waals surface area (Å²) in [4.78, 5) is 0. The number of rotatable bonds is 4. The number of nitrogens with zero attached hydrogens (tertiary/aromatic N) is 1. The van der Waals surface area contributed by atoms with Crippen LogP contribution in [0.4, 0.5) is 0 Å². The molecular weight excluding hydrogens is 244 g/mol. The summed E-state index contributed by atoms with van der Waals surface area (Å²) in [5.74, 6) is 0.932. The van der Waals surface area contributed by atoms with E-state index in [4.69, 9.17) is 0 Å². The first-order valence-electron chi connectivity index (χ1n) is 8.98. The Balaban J connectivity index is 1.82. The molecular formula is C18H36N2. The van der Waals surface area contributed by atoms with Gasteiger partial charge in [0.1, 0.15) is 0 Å². The van der Waals surface area contributed by atoms with Crippen molar-refractivity contribution in [2.45, 2.75) is 104 Å². The minimum atomic E-state index is 0.538. The summed E-state index contributed by atoms with van der Waals surface area (Å²) in [6.07, 6.45) is 11.0. The zero-order chi connectivity index (χ0) is 14.8. The number of hydrogen-bond acceptors (Lipinski definition) is 2. The average Bonchev–Trinajstić information content (AvgIpc) is 2.43. The molecule has 0 radical (unpaired) electrons. The molecule has 2 unspecified atom stereocenters. The maximum absolute atomic E-state index is 3.88. The molecule has 0 amide bonds. The van der Waals surface area contributed by atoms with Crippen LogP contribution in [0.2, 0.25) is 0 Å². The Labute approximate surface area is 126 Å². The van der Waals surface area contributed by atoms with Gasteiger partial charge in [-0.15, -0.1) is 0 Å². The van der Waals surface area contributed by atoms with Crippen molar-refractivity contribution < 1.29 is 0 Å². The molecule has 0 aromatic rings. The van der Waals surface area contributed by atoms with Gasteiger partial charge < -0.3 is 0 Å². The Morgan fingerprint density at radius 2 is 1.50 bits per heavy atom. The third-order valence-electron chi connectivity index (χ3n) is 6.27. The highest BCUT2D eigenvalue weighted by Gasteiger charge is 2.33. The molecule has 2 aliphatic rings. The van der Waals surface area contributed by atoms with E-state index in [0.717, 1.165) is 12.0 Å². The fourth-order valence-electron chi connectivity index (χ4n) is 4.18. The molecule has 20 heavy (non-hydrogen) atoms. The third kappa shape index (κ3) is 3.76. The first kappa shape index (κ1) is 16.3. The van der Waals surface area contributed by atoms with Gasteiger partial charge in [-0.1, -0.05) is 33.6 Å². The molecule has 118 valence electrons. The van der Waals surface area contributed by atoms with Crippen LogP contribution in [0.5, 0.6) is 0 Å². The molecule has 1 aliphatic carbocycles. The van der Waals surface area contributed by atoms with E-state index in [-0.39, 0.29) is 0 Å². The van der Waals surface area contributed by atoms with E-state index in [1.807, 2.05) is 0 Å². The second-order valence-electron chi connectivity index (χ2n) is 8.06. The van der Waals surface area contributed by atoms with Crippen LogP contribution < -0.4 is 5.43 Å². The normalized spacial score (nSPS) is 37.0. The van der Waals surface area contributed by atoms with Gasteiger partial charge in [-0.2, -0.15) is 0 Å². The molecule has 0 spiro atoms. The molecule has 0 aromatic heterocycles. The Morgan fingerprint density at radius 1 is 0.950 bits per heavy atom. The topological polar surface area (TPSA) is 15.3 Å². The van der Waals surface area contributed by atoms with Crippen LogP contribution >= 0.6 is 0 Å². The molecule has 0 aromatic carbocycles. The lowest BCUT2D eigenvalue weighted by molar-refractivity contribution is 0.0134. The lowest BCUT2D eigenvalue weighted by atomic mass is 9.69.